The first-order valence-corrected chi connectivity index (χ1v) is 5.83. The molecule has 2 atom stereocenters. The van der Waals surface area contributed by atoms with E-state index in [1.54, 1.807) is 0 Å². The standard InChI is InChI=1S/C9H6Br2O4/c10-5-3-1-4(7(12)13)9(2-3,6(5)11)8(14)15/h1,6H,2H2,(H,12,13)(H,14,15). The first-order chi connectivity index (χ1) is 6.91. The van der Waals surface area contributed by atoms with E-state index in [-0.39, 0.29) is 12.0 Å². The zero-order chi connectivity index (χ0) is 11.4. The molecule has 0 heterocycles. The minimum atomic E-state index is -1.35. The van der Waals surface area contributed by atoms with Crippen molar-refractivity contribution >= 4 is 43.8 Å². The Morgan fingerprint density at radius 2 is 2.07 bits per heavy atom. The van der Waals surface area contributed by atoms with Crippen LogP contribution < -0.4 is 0 Å². The molecule has 0 saturated heterocycles. The maximum absolute atomic E-state index is 11.3. The molecule has 2 unspecified atom stereocenters. The summed E-state index contributed by atoms with van der Waals surface area (Å²) in [4.78, 5) is 21.7. The van der Waals surface area contributed by atoms with Crippen LogP contribution in [0.5, 0.6) is 0 Å². The fourth-order valence-electron chi connectivity index (χ4n) is 2.06. The van der Waals surface area contributed by atoms with Gasteiger partial charge in [0, 0.05) is 4.48 Å². The number of alkyl halides is 1. The average molecular weight is 338 g/mol. The van der Waals surface area contributed by atoms with Gasteiger partial charge in [-0.3, -0.25) is 4.79 Å². The van der Waals surface area contributed by atoms with E-state index in [2.05, 4.69) is 31.9 Å². The van der Waals surface area contributed by atoms with Crippen LogP contribution >= 0.6 is 31.9 Å². The molecule has 0 fully saturated rings. The Morgan fingerprint density at radius 1 is 1.47 bits per heavy atom. The topological polar surface area (TPSA) is 74.6 Å². The highest BCUT2D eigenvalue weighted by atomic mass is 79.9. The van der Waals surface area contributed by atoms with Crippen molar-refractivity contribution in [3.63, 3.8) is 0 Å². The highest BCUT2D eigenvalue weighted by molar-refractivity contribution is 9.14. The number of carboxylic acids is 2. The second kappa shape index (κ2) is 3.18. The minimum absolute atomic E-state index is 0.0462. The molecule has 0 aromatic rings. The predicted octanol–water partition coefficient (Wildman–Crippen LogP) is 1.90. The van der Waals surface area contributed by atoms with Crippen molar-refractivity contribution in [2.24, 2.45) is 5.41 Å². The maximum atomic E-state index is 11.3. The summed E-state index contributed by atoms with van der Waals surface area (Å²) in [5, 5.41) is 18.2. The van der Waals surface area contributed by atoms with Gasteiger partial charge >= 0.3 is 11.9 Å². The quantitative estimate of drug-likeness (QED) is 0.755. The number of fused-ring (bicyclic) bond motifs is 2. The molecule has 0 amide bonds. The molecule has 2 aliphatic carbocycles. The van der Waals surface area contributed by atoms with E-state index in [9.17, 15) is 14.7 Å². The summed E-state index contributed by atoms with van der Waals surface area (Å²) in [6, 6.07) is 0. The summed E-state index contributed by atoms with van der Waals surface area (Å²) in [6.45, 7) is 0. The number of rotatable bonds is 2. The van der Waals surface area contributed by atoms with Gasteiger partial charge < -0.3 is 10.2 Å². The molecule has 0 aromatic carbocycles. The SMILES string of the molecule is O=C(O)C1=CC2=C(Br)C(Br)C1(C(=O)O)C2. The fourth-order valence-corrected chi connectivity index (χ4v) is 3.60. The van der Waals surface area contributed by atoms with Gasteiger partial charge in [0.1, 0.15) is 5.41 Å². The van der Waals surface area contributed by atoms with Crippen LogP contribution in [-0.2, 0) is 9.59 Å². The van der Waals surface area contributed by atoms with E-state index in [0.29, 0.717) is 0 Å². The monoisotopic (exact) mass is 336 g/mol. The largest absolute Gasteiger partial charge is 0.481 e. The summed E-state index contributed by atoms with van der Waals surface area (Å²) in [6.07, 6.45) is 1.68. The summed E-state index contributed by atoms with van der Waals surface area (Å²) in [5.41, 5.74) is -0.647. The van der Waals surface area contributed by atoms with Gasteiger partial charge in [0.05, 0.1) is 10.4 Å². The number of carbonyl (C=O) groups is 2. The number of hydrogen-bond donors (Lipinski definition) is 2. The van der Waals surface area contributed by atoms with Crippen LogP contribution in [-0.4, -0.2) is 27.0 Å². The van der Waals surface area contributed by atoms with Crippen molar-refractivity contribution in [1.29, 1.82) is 0 Å². The van der Waals surface area contributed by atoms with Crippen molar-refractivity contribution in [2.45, 2.75) is 11.2 Å². The Morgan fingerprint density at radius 3 is 2.47 bits per heavy atom. The highest BCUT2D eigenvalue weighted by Gasteiger charge is 2.59. The van der Waals surface area contributed by atoms with E-state index in [1.165, 1.54) is 6.08 Å². The van der Waals surface area contributed by atoms with Crippen LogP contribution in [0.3, 0.4) is 0 Å². The first-order valence-electron chi connectivity index (χ1n) is 4.12. The molecule has 0 spiro atoms. The number of halogens is 2. The third-order valence-electron chi connectivity index (χ3n) is 2.84. The van der Waals surface area contributed by atoms with Gasteiger partial charge in [0.15, 0.2) is 0 Å². The van der Waals surface area contributed by atoms with Crippen molar-refractivity contribution < 1.29 is 19.8 Å². The lowest BCUT2D eigenvalue weighted by atomic mass is 9.80. The Hall–Kier alpha value is -0.620. The fraction of sp³-hybridized carbons (Fsp3) is 0.333. The second-order valence-electron chi connectivity index (χ2n) is 3.55. The van der Waals surface area contributed by atoms with Gasteiger partial charge in [-0.05, 0) is 18.1 Å². The molecule has 2 bridgehead atoms. The van der Waals surface area contributed by atoms with Gasteiger partial charge in [-0.2, -0.15) is 0 Å². The zero-order valence-electron chi connectivity index (χ0n) is 7.33. The maximum Gasteiger partial charge on any atom is 0.332 e. The predicted molar refractivity (Wildman–Crippen MR) is 59.1 cm³/mol. The summed E-state index contributed by atoms with van der Waals surface area (Å²) in [5.74, 6) is -2.28. The average Bonchev–Trinajstić information content (AvgIpc) is 2.64. The number of hydrogen-bond acceptors (Lipinski definition) is 2. The Kier molecular flexibility index (Phi) is 2.31. The molecule has 80 valence electrons. The van der Waals surface area contributed by atoms with Crippen molar-refractivity contribution in [2.75, 3.05) is 0 Å². The molecule has 2 rings (SSSR count). The second-order valence-corrected chi connectivity index (χ2v) is 5.32. The number of allylic oxidation sites excluding steroid dienone is 3. The summed E-state index contributed by atoms with van der Waals surface area (Å²) >= 11 is 6.51. The van der Waals surface area contributed by atoms with Gasteiger partial charge in [0.25, 0.3) is 0 Å². The summed E-state index contributed by atoms with van der Waals surface area (Å²) in [7, 11) is 0. The number of aliphatic carboxylic acids is 2. The third-order valence-corrected chi connectivity index (χ3v) is 5.66. The Bertz CT molecular complexity index is 437. The smallest absolute Gasteiger partial charge is 0.332 e. The van der Waals surface area contributed by atoms with E-state index < -0.39 is 22.2 Å². The van der Waals surface area contributed by atoms with E-state index >= 15 is 0 Å². The van der Waals surface area contributed by atoms with Crippen LogP contribution in [0, 0.1) is 5.41 Å². The molecule has 2 N–H and O–H groups in total. The molecule has 0 aliphatic heterocycles. The lowest BCUT2D eigenvalue weighted by Crippen LogP contribution is -2.40. The minimum Gasteiger partial charge on any atom is -0.481 e. The number of carboxylic acid groups (broad SMARTS) is 2. The lowest BCUT2D eigenvalue weighted by Gasteiger charge is -2.27. The molecule has 4 nitrogen and oxygen atoms in total. The van der Waals surface area contributed by atoms with Crippen LogP contribution in [0.15, 0.2) is 21.7 Å². The van der Waals surface area contributed by atoms with Gasteiger partial charge in [-0.1, -0.05) is 31.9 Å². The molecule has 0 aromatic heterocycles. The molecule has 0 radical (unpaired) electrons. The molecular formula is C9H6Br2O4. The Labute approximate surface area is 102 Å². The van der Waals surface area contributed by atoms with E-state index in [0.717, 1.165) is 10.1 Å². The lowest BCUT2D eigenvalue weighted by molar-refractivity contribution is -0.148. The highest BCUT2D eigenvalue weighted by Crippen LogP contribution is 2.58. The van der Waals surface area contributed by atoms with Gasteiger partial charge in [-0.15, -0.1) is 0 Å². The Balaban J connectivity index is 2.61. The first kappa shape index (κ1) is 10.9. The van der Waals surface area contributed by atoms with Crippen molar-refractivity contribution in [1.82, 2.24) is 0 Å². The normalized spacial score (nSPS) is 33.2. The van der Waals surface area contributed by atoms with Crippen LogP contribution in [0.25, 0.3) is 0 Å². The zero-order valence-corrected chi connectivity index (χ0v) is 10.5. The summed E-state index contributed by atoms with van der Waals surface area (Å²) < 4.78 is 0.731. The van der Waals surface area contributed by atoms with Gasteiger partial charge in [0.2, 0.25) is 0 Å². The molecule has 2 aliphatic rings. The van der Waals surface area contributed by atoms with Gasteiger partial charge in [-0.25, -0.2) is 4.79 Å². The van der Waals surface area contributed by atoms with E-state index in [4.69, 9.17) is 5.11 Å². The van der Waals surface area contributed by atoms with Crippen molar-refractivity contribution in [3.8, 4) is 0 Å². The van der Waals surface area contributed by atoms with Crippen molar-refractivity contribution in [3.05, 3.63) is 21.7 Å². The molecular weight excluding hydrogens is 332 g/mol. The van der Waals surface area contributed by atoms with Crippen LogP contribution in [0.4, 0.5) is 0 Å². The van der Waals surface area contributed by atoms with Crippen LogP contribution in [0.2, 0.25) is 0 Å². The van der Waals surface area contributed by atoms with Crippen LogP contribution in [0.1, 0.15) is 6.42 Å². The molecule has 15 heavy (non-hydrogen) atoms. The van der Waals surface area contributed by atoms with E-state index in [1.807, 2.05) is 0 Å². The molecule has 0 saturated carbocycles. The third kappa shape index (κ3) is 1.18. The molecule has 6 heteroatoms.